The molecule has 0 aliphatic heterocycles. The van der Waals surface area contributed by atoms with E-state index in [-0.39, 0.29) is 6.04 Å². The molecule has 0 spiro atoms. The molecule has 18 heavy (non-hydrogen) atoms. The van der Waals surface area contributed by atoms with Gasteiger partial charge < -0.3 is 4.74 Å². The zero-order valence-electron chi connectivity index (χ0n) is 10.1. The van der Waals surface area contributed by atoms with Gasteiger partial charge in [-0.3, -0.25) is 5.84 Å². The Balaban J connectivity index is 2.45. The second-order valence-corrected chi connectivity index (χ2v) is 4.81. The van der Waals surface area contributed by atoms with Gasteiger partial charge in [-0.15, -0.1) is 0 Å². The van der Waals surface area contributed by atoms with Crippen molar-refractivity contribution in [2.24, 2.45) is 5.84 Å². The molecule has 0 aliphatic carbocycles. The summed E-state index contributed by atoms with van der Waals surface area (Å²) in [5.41, 5.74) is 4.94. The summed E-state index contributed by atoms with van der Waals surface area (Å²) >= 11 is 3.43. The highest BCUT2D eigenvalue weighted by Crippen LogP contribution is 2.31. The van der Waals surface area contributed by atoms with E-state index >= 15 is 0 Å². The summed E-state index contributed by atoms with van der Waals surface area (Å²) in [5.74, 6) is 6.48. The van der Waals surface area contributed by atoms with Crippen molar-refractivity contribution in [1.82, 2.24) is 5.43 Å². The van der Waals surface area contributed by atoms with E-state index in [0.29, 0.717) is 0 Å². The van der Waals surface area contributed by atoms with Crippen molar-refractivity contribution in [2.75, 3.05) is 7.11 Å². The lowest BCUT2D eigenvalue weighted by Gasteiger charge is -2.19. The quantitative estimate of drug-likeness (QED) is 0.674. The number of ether oxygens (including phenoxy) is 1. The number of benzene rings is 2. The Kier molecular flexibility index (Phi) is 4.36. The SMILES string of the molecule is COc1cc(Br)ccc1C(NN)c1ccccc1. The lowest BCUT2D eigenvalue weighted by Crippen LogP contribution is -2.29. The van der Waals surface area contributed by atoms with Gasteiger partial charge in [-0.2, -0.15) is 0 Å². The van der Waals surface area contributed by atoms with Crippen molar-refractivity contribution in [3.63, 3.8) is 0 Å². The summed E-state index contributed by atoms with van der Waals surface area (Å²) in [6.07, 6.45) is 0. The number of methoxy groups -OCH3 is 1. The molecule has 3 nitrogen and oxygen atoms in total. The van der Waals surface area contributed by atoms with Crippen LogP contribution in [0.2, 0.25) is 0 Å². The second-order valence-electron chi connectivity index (χ2n) is 3.90. The van der Waals surface area contributed by atoms with Crippen molar-refractivity contribution < 1.29 is 4.74 Å². The summed E-state index contributed by atoms with van der Waals surface area (Å²) in [4.78, 5) is 0. The highest BCUT2D eigenvalue weighted by Gasteiger charge is 2.16. The molecule has 0 aromatic heterocycles. The smallest absolute Gasteiger partial charge is 0.125 e. The normalized spacial score (nSPS) is 12.2. The van der Waals surface area contributed by atoms with E-state index in [1.807, 2.05) is 48.5 Å². The summed E-state index contributed by atoms with van der Waals surface area (Å²) < 4.78 is 6.38. The zero-order valence-corrected chi connectivity index (χ0v) is 11.6. The van der Waals surface area contributed by atoms with Gasteiger partial charge >= 0.3 is 0 Å². The minimum absolute atomic E-state index is 0.0887. The average molecular weight is 307 g/mol. The number of rotatable bonds is 4. The summed E-state index contributed by atoms with van der Waals surface area (Å²) in [6.45, 7) is 0. The summed E-state index contributed by atoms with van der Waals surface area (Å²) in [6, 6.07) is 15.9. The van der Waals surface area contributed by atoms with Crippen molar-refractivity contribution in [3.8, 4) is 5.75 Å². The summed E-state index contributed by atoms with van der Waals surface area (Å²) in [5, 5.41) is 0. The maximum Gasteiger partial charge on any atom is 0.125 e. The Bertz CT molecular complexity index is 516. The van der Waals surface area contributed by atoms with E-state index in [1.165, 1.54) is 0 Å². The number of hydrazine groups is 1. The lowest BCUT2D eigenvalue weighted by atomic mass is 9.98. The van der Waals surface area contributed by atoms with Gasteiger partial charge in [0.05, 0.1) is 13.2 Å². The van der Waals surface area contributed by atoms with E-state index in [4.69, 9.17) is 10.6 Å². The van der Waals surface area contributed by atoms with Crippen molar-refractivity contribution >= 4 is 15.9 Å². The first kappa shape index (κ1) is 13.1. The van der Waals surface area contributed by atoms with Gasteiger partial charge in [-0.1, -0.05) is 52.3 Å². The van der Waals surface area contributed by atoms with E-state index < -0.39 is 0 Å². The van der Waals surface area contributed by atoms with Crippen molar-refractivity contribution in [1.29, 1.82) is 0 Å². The third kappa shape index (κ3) is 2.72. The Morgan fingerprint density at radius 2 is 1.89 bits per heavy atom. The molecule has 2 aromatic rings. The van der Waals surface area contributed by atoms with E-state index in [1.54, 1.807) is 7.11 Å². The van der Waals surface area contributed by atoms with Crippen LogP contribution in [0.15, 0.2) is 53.0 Å². The number of hydrogen-bond donors (Lipinski definition) is 2. The van der Waals surface area contributed by atoms with Gasteiger partial charge in [-0.05, 0) is 17.7 Å². The minimum Gasteiger partial charge on any atom is -0.496 e. The predicted octanol–water partition coefficient (Wildman–Crippen LogP) is 3.01. The topological polar surface area (TPSA) is 47.3 Å². The Hall–Kier alpha value is -1.36. The third-order valence-electron chi connectivity index (χ3n) is 2.81. The maximum atomic E-state index is 5.68. The summed E-state index contributed by atoms with van der Waals surface area (Å²) in [7, 11) is 1.66. The van der Waals surface area contributed by atoms with E-state index in [0.717, 1.165) is 21.3 Å². The first-order valence-corrected chi connectivity index (χ1v) is 6.40. The molecule has 2 aromatic carbocycles. The largest absolute Gasteiger partial charge is 0.496 e. The lowest BCUT2D eigenvalue weighted by molar-refractivity contribution is 0.404. The molecular formula is C14H15BrN2O. The van der Waals surface area contributed by atoms with Gasteiger partial charge in [0.1, 0.15) is 5.75 Å². The number of nitrogens with one attached hydrogen (secondary N) is 1. The molecule has 4 heteroatoms. The zero-order chi connectivity index (χ0) is 13.0. The van der Waals surface area contributed by atoms with Gasteiger partial charge in [0.25, 0.3) is 0 Å². The molecule has 3 N–H and O–H groups in total. The fourth-order valence-electron chi connectivity index (χ4n) is 1.93. The number of hydrogen-bond acceptors (Lipinski definition) is 3. The van der Waals surface area contributed by atoms with Gasteiger partial charge in [0, 0.05) is 10.0 Å². The fraction of sp³-hybridized carbons (Fsp3) is 0.143. The number of halogens is 1. The monoisotopic (exact) mass is 306 g/mol. The van der Waals surface area contributed by atoms with Crippen LogP contribution in [0.25, 0.3) is 0 Å². The molecule has 0 amide bonds. The molecule has 0 heterocycles. The first-order chi connectivity index (χ1) is 8.76. The molecule has 0 bridgehead atoms. The molecule has 0 fully saturated rings. The van der Waals surface area contributed by atoms with Crippen LogP contribution < -0.4 is 16.0 Å². The highest BCUT2D eigenvalue weighted by atomic mass is 79.9. The molecule has 2 rings (SSSR count). The van der Waals surface area contributed by atoms with Gasteiger partial charge in [0.15, 0.2) is 0 Å². The van der Waals surface area contributed by atoms with Gasteiger partial charge in [0.2, 0.25) is 0 Å². The maximum absolute atomic E-state index is 5.68. The second kappa shape index (κ2) is 6.00. The van der Waals surface area contributed by atoms with Crippen LogP contribution in [-0.2, 0) is 0 Å². The minimum atomic E-state index is -0.0887. The Labute approximate surface area is 115 Å². The molecule has 0 saturated carbocycles. The molecule has 0 saturated heterocycles. The molecule has 1 atom stereocenters. The van der Waals surface area contributed by atoms with Crippen LogP contribution in [0.3, 0.4) is 0 Å². The van der Waals surface area contributed by atoms with Crippen molar-refractivity contribution in [3.05, 3.63) is 64.1 Å². The fourth-order valence-corrected chi connectivity index (χ4v) is 2.27. The Morgan fingerprint density at radius 3 is 2.50 bits per heavy atom. The average Bonchev–Trinajstić information content (AvgIpc) is 2.42. The van der Waals surface area contributed by atoms with Crippen LogP contribution >= 0.6 is 15.9 Å². The van der Waals surface area contributed by atoms with Crippen LogP contribution in [0, 0.1) is 0 Å². The number of nitrogens with two attached hydrogens (primary N) is 1. The molecule has 0 aliphatic rings. The highest BCUT2D eigenvalue weighted by molar-refractivity contribution is 9.10. The van der Waals surface area contributed by atoms with E-state index in [2.05, 4.69) is 21.4 Å². The Morgan fingerprint density at radius 1 is 1.17 bits per heavy atom. The van der Waals surface area contributed by atoms with Crippen LogP contribution in [0.5, 0.6) is 5.75 Å². The van der Waals surface area contributed by atoms with Crippen LogP contribution in [-0.4, -0.2) is 7.11 Å². The first-order valence-electron chi connectivity index (χ1n) is 5.60. The predicted molar refractivity (Wildman–Crippen MR) is 76.3 cm³/mol. The standard InChI is InChI=1S/C14H15BrN2O/c1-18-13-9-11(15)7-8-12(13)14(17-16)10-5-3-2-4-6-10/h2-9,14,17H,16H2,1H3. The molecule has 1 unspecified atom stereocenters. The third-order valence-corrected chi connectivity index (χ3v) is 3.30. The molecular weight excluding hydrogens is 292 g/mol. The molecule has 0 radical (unpaired) electrons. The van der Waals surface area contributed by atoms with Crippen LogP contribution in [0.1, 0.15) is 17.2 Å². The van der Waals surface area contributed by atoms with Crippen LogP contribution in [0.4, 0.5) is 0 Å². The van der Waals surface area contributed by atoms with Crippen molar-refractivity contribution in [2.45, 2.75) is 6.04 Å². The van der Waals surface area contributed by atoms with E-state index in [9.17, 15) is 0 Å². The molecule has 94 valence electrons. The van der Waals surface area contributed by atoms with Gasteiger partial charge in [-0.25, -0.2) is 5.43 Å².